The van der Waals surface area contributed by atoms with E-state index in [1.54, 1.807) is 19.1 Å². The molecular weight excluding hydrogens is 420 g/mol. The maximum atomic E-state index is 12.6. The monoisotopic (exact) mass is 446 g/mol. The summed E-state index contributed by atoms with van der Waals surface area (Å²) >= 11 is 1.35. The number of esters is 1. The number of hydrogen-bond acceptors (Lipinski definition) is 8. The van der Waals surface area contributed by atoms with Gasteiger partial charge < -0.3 is 24.7 Å². The Balaban J connectivity index is 1.73. The fourth-order valence-corrected chi connectivity index (χ4v) is 3.79. The standard InChI is InChI=1S/C21H26N4O5S/c1-13-15(19(27)24-21(22-13)31-3)5-7-18(26)23-17-6-4-14(12-16(17)20(28)29-2)25-8-10-30-11-9-25/h4,6,12H,5,7-11H2,1-3H3,(H,23,26)(H,22,24,27). The maximum absolute atomic E-state index is 12.6. The van der Waals surface area contributed by atoms with Gasteiger partial charge in [-0.3, -0.25) is 9.59 Å². The quantitative estimate of drug-likeness (QED) is 0.377. The number of hydrogen-bond donors (Lipinski definition) is 2. The summed E-state index contributed by atoms with van der Waals surface area (Å²) in [6.07, 6.45) is 2.15. The van der Waals surface area contributed by atoms with Gasteiger partial charge in [0.1, 0.15) is 0 Å². The molecule has 1 aliphatic heterocycles. The highest BCUT2D eigenvalue weighted by Gasteiger charge is 2.19. The number of amides is 1. The molecule has 1 aliphatic rings. The first kappa shape index (κ1) is 22.8. The number of benzene rings is 1. The number of H-pyrrole nitrogens is 1. The van der Waals surface area contributed by atoms with Gasteiger partial charge >= 0.3 is 5.97 Å². The first-order chi connectivity index (χ1) is 14.9. The lowest BCUT2D eigenvalue weighted by molar-refractivity contribution is -0.116. The second-order valence-corrected chi connectivity index (χ2v) is 7.80. The Morgan fingerprint density at radius 2 is 2.06 bits per heavy atom. The summed E-state index contributed by atoms with van der Waals surface area (Å²) < 4.78 is 10.3. The van der Waals surface area contributed by atoms with Crippen LogP contribution in [0.3, 0.4) is 0 Å². The summed E-state index contributed by atoms with van der Waals surface area (Å²) in [5, 5.41) is 3.31. The Kier molecular flexibility index (Phi) is 7.69. The number of thioether (sulfide) groups is 1. The summed E-state index contributed by atoms with van der Waals surface area (Å²) in [4.78, 5) is 46.2. The van der Waals surface area contributed by atoms with E-state index in [1.165, 1.54) is 18.9 Å². The topological polar surface area (TPSA) is 114 Å². The predicted octanol–water partition coefficient (Wildman–Crippen LogP) is 1.99. The Morgan fingerprint density at radius 1 is 1.32 bits per heavy atom. The van der Waals surface area contributed by atoms with Gasteiger partial charge in [0.25, 0.3) is 5.56 Å². The number of ether oxygens (including phenoxy) is 2. The van der Waals surface area contributed by atoms with Gasteiger partial charge in [-0.2, -0.15) is 0 Å². The van der Waals surface area contributed by atoms with Crippen molar-refractivity contribution in [3.05, 3.63) is 45.4 Å². The number of carbonyl (C=O) groups excluding carboxylic acids is 2. The largest absolute Gasteiger partial charge is 0.465 e. The molecule has 0 aliphatic carbocycles. The van der Waals surface area contributed by atoms with Crippen molar-refractivity contribution in [2.75, 3.05) is 49.9 Å². The molecule has 2 aromatic rings. The maximum Gasteiger partial charge on any atom is 0.340 e. The van der Waals surface area contributed by atoms with Gasteiger partial charge in [0.15, 0.2) is 5.16 Å². The summed E-state index contributed by atoms with van der Waals surface area (Å²) in [7, 11) is 1.30. The molecule has 1 aromatic carbocycles. The van der Waals surface area contributed by atoms with E-state index in [0.29, 0.717) is 35.3 Å². The smallest absolute Gasteiger partial charge is 0.340 e. The number of aryl methyl sites for hydroxylation is 1. The molecule has 10 heteroatoms. The second-order valence-electron chi connectivity index (χ2n) is 7.01. The molecule has 1 fully saturated rings. The third kappa shape index (κ3) is 5.65. The van der Waals surface area contributed by atoms with Crippen molar-refractivity contribution in [3.8, 4) is 0 Å². The van der Waals surface area contributed by atoms with Crippen molar-refractivity contribution >= 4 is 35.0 Å². The molecule has 1 saturated heterocycles. The number of morpholine rings is 1. The van der Waals surface area contributed by atoms with Crippen LogP contribution in [-0.4, -0.2) is 61.5 Å². The molecular formula is C21H26N4O5S. The molecule has 2 N–H and O–H groups in total. The number of methoxy groups -OCH3 is 1. The van der Waals surface area contributed by atoms with Crippen LogP contribution in [0.1, 0.15) is 28.0 Å². The highest BCUT2D eigenvalue weighted by Crippen LogP contribution is 2.25. The van der Waals surface area contributed by atoms with Crippen LogP contribution in [-0.2, 0) is 20.7 Å². The SMILES string of the molecule is COC(=O)c1cc(N2CCOCC2)ccc1NC(=O)CCc1c(C)nc(SC)[nH]c1=O. The van der Waals surface area contributed by atoms with E-state index in [9.17, 15) is 14.4 Å². The van der Waals surface area contributed by atoms with Gasteiger partial charge in [0, 0.05) is 36.5 Å². The van der Waals surface area contributed by atoms with Crippen LogP contribution >= 0.6 is 11.8 Å². The molecule has 1 aromatic heterocycles. The molecule has 0 spiro atoms. The number of anilines is 2. The molecule has 0 atom stereocenters. The Hall–Kier alpha value is -2.85. The minimum absolute atomic E-state index is 0.0794. The van der Waals surface area contributed by atoms with Crippen LogP contribution in [0.25, 0.3) is 0 Å². The van der Waals surface area contributed by atoms with Gasteiger partial charge in [-0.05, 0) is 37.8 Å². The van der Waals surface area contributed by atoms with E-state index in [-0.39, 0.29) is 29.9 Å². The summed E-state index contributed by atoms with van der Waals surface area (Å²) in [6.45, 7) is 4.45. The number of nitrogens with one attached hydrogen (secondary N) is 2. The Morgan fingerprint density at radius 3 is 2.71 bits per heavy atom. The highest BCUT2D eigenvalue weighted by atomic mass is 32.2. The van der Waals surface area contributed by atoms with Crippen molar-refractivity contribution in [2.45, 2.75) is 24.9 Å². The fourth-order valence-electron chi connectivity index (χ4n) is 3.37. The zero-order valence-electron chi connectivity index (χ0n) is 17.8. The minimum Gasteiger partial charge on any atom is -0.465 e. The van der Waals surface area contributed by atoms with Crippen LogP contribution in [0, 0.1) is 6.92 Å². The molecule has 0 unspecified atom stereocenters. The average Bonchev–Trinajstić information content (AvgIpc) is 2.78. The lowest BCUT2D eigenvalue weighted by Crippen LogP contribution is -2.36. The van der Waals surface area contributed by atoms with Gasteiger partial charge in [0.2, 0.25) is 5.91 Å². The van der Waals surface area contributed by atoms with E-state index >= 15 is 0 Å². The van der Waals surface area contributed by atoms with Gasteiger partial charge in [-0.1, -0.05) is 11.8 Å². The molecule has 0 bridgehead atoms. The molecule has 0 saturated carbocycles. The van der Waals surface area contributed by atoms with Crippen LogP contribution in [0.5, 0.6) is 0 Å². The molecule has 166 valence electrons. The third-order valence-electron chi connectivity index (χ3n) is 5.05. The minimum atomic E-state index is -0.533. The Bertz CT molecular complexity index is 1020. The molecule has 3 rings (SSSR count). The van der Waals surface area contributed by atoms with Crippen molar-refractivity contribution in [3.63, 3.8) is 0 Å². The van der Waals surface area contributed by atoms with Crippen LogP contribution in [0.2, 0.25) is 0 Å². The van der Waals surface area contributed by atoms with E-state index < -0.39 is 5.97 Å². The number of aromatic amines is 1. The molecule has 0 radical (unpaired) electrons. The van der Waals surface area contributed by atoms with Gasteiger partial charge in [-0.25, -0.2) is 9.78 Å². The van der Waals surface area contributed by atoms with Crippen molar-refractivity contribution in [1.82, 2.24) is 9.97 Å². The summed E-state index contributed by atoms with van der Waals surface area (Å²) in [5.74, 6) is -0.841. The van der Waals surface area contributed by atoms with Gasteiger partial charge in [0.05, 0.1) is 31.6 Å². The van der Waals surface area contributed by atoms with Gasteiger partial charge in [-0.15, -0.1) is 0 Å². The van der Waals surface area contributed by atoms with Crippen LogP contribution in [0.15, 0.2) is 28.2 Å². The van der Waals surface area contributed by atoms with E-state index in [2.05, 4.69) is 20.2 Å². The van der Waals surface area contributed by atoms with Crippen molar-refractivity contribution in [1.29, 1.82) is 0 Å². The number of nitrogens with zero attached hydrogens (tertiary/aromatic N) is 2. The molecule has 1 amide bonds. The van der Waals surface area contributed by atoms with Crippen molar-refractivity contribution < 1.29 is 19.1 Å². The number of aromatic nitrogens is 2. The van der Waals surface area contributed by atoms with Crippen LogP contribution in [0.4, 0.5) is 11.4 Å². The first-order valence-electron chi connectivity index (χ1n) is 9.91. The lowest BCUT2D eigenvalue weighted by Gasteiger charge is -2.29. The molecule has 9 nitrogen and oxygen atoms in total. The zero-order valence-corrected chi connectivity index (χ0v) is 18.6. The summed E-state index contributed by atoms with van der Waals surface area (Å²) in [5.41, 5.74) is 2.35. The van der Waals surface area contributed by atoms with E-state index in [0.717, 1.165) is 18.8 Å². The first-order valence-corrected chi connectivity index (χ1v) is 11.1. The predicted molar refractivity (Wildman–Crippen MR) is 119 cm³/mol. The van der Waals surface area contributed by atoms with Crippen LogP contribution < -0.4 is 15.8 Å². The fraction of sp³-hybridized carbons (Fsp3) is 0.429. The lowest BCUT2D eigenvalue weighted by atomic mass is 10.1. The average molecular weight is 447 g/mol. The molecule has 31 heavy (non-hydrogen) atoms. The molecule has 2 heterocycles. The Labute approximate surface area is 184 Å². The zero-order chi connectivity index (χ0) is 22.4. The third-order valence-corrected chi connectivity index (χ3v) is 5.63. The number of rotatable bonds is 7. The highest BCUT2D eigenvalue weighted by molar-refractivity contribution is 7.98. The van der Waals surface area contributed by atoms with E-state index in [4.69, 9.17) is 9.47 Å². The van der Waals surface area contributed by atoms with Crippen molar-refractivity contribution in [2.24, 2.45) is 0 Å². The normalized spacial score (nSPS) is 13.7. The second kappa shape index (κ2) is 10.5. The number of carbonyl (C=O) groups is 2. The summed E-state index contributed by atoms with van der Waals surface area (Å²) in [6, 6.07) is 5.27. The van der Waals surface area contributed by atoms with E-state index in [1.807, 2.05) is 12.3 Å².